The second-order valence-electron chi connectivity index (χ2n) is 8.31. The zero-order valence-electron chi connectivity index (χ0n) is 16.1. The minimum Gasteiger partial charge on any atom is -0.384 e. The summed E-state index contributed by atoms with van der Waals surface area (Å²) >= 11 is 0. The normalized spacial score (nSPS) is 17.2. The molecule has 0 N–H and O–H groups in total. The third-order valence-corrected chi connectivity index (χ3v) is 9.53. The highest BCUT2D eigenvalue weighted by molar-refractivity contribution is 6.89. The van der Waals surface area contributed by atoms with Gasteiger partial charge in [0, 0.05) is 19.6 Å². The predicted molar refractivity (Wildman–Crippen MR) is 106 cm³/mol. The van der Waals surface area contributed by atoms with E-state index in [9.17, 15) is 0 Å². The summed E-state index contributed by atoms with van der Waals surface area (Å²) in [7, 11) is 2.29. The Kier molecular flexibility index (Phi) is 7.51. The zero-order chi connectivity index (χ0) is 17.5. The van der Waals surface area contributed by atoms with Crippen molar-refractivity contribution in [2.45, 2.75) is 57.7 Å². The second-order valence-corrected chi connectivity index (χ2v) is 13.2. The smallest absolute Gasteiger partial charge is 0.0806 e. The number of ether oxygens (including phenoxy) is 2. The van der Waals surface area contributed by atoms with Gasteiger partial charge in [-0.2, -0.15) is 0 Å². The molecule has 0 spiro atoms. The first-order chi connectivity index (χ1) is 11.5. The highest BCUT2D eigenvalue weighted by atomic mass is 28.3. The summed E-state index contributed by atoms with van der Waals surface area (Å²) in [6, 6.07) is 12.4. The fourth-order valence-corrected chi connectivity index (χ4v) is 7.02. The first-order valence-electron chi connectivity index (χ1n) is 9.57. The maximum absolute atomic E-state index is 5.72. The van der Waals surface area contributed by atoms with Gasteiger partial charge >= 0.3 is 0 Å². The Balaban J connectivity index is 2.14. The summed E-state index contributed by atoms with van der Waals surface area (Å²) in [5, 5.41) is 1.57. The molecule has 0 saturated heterocycles. The molecule has 0 bridgehead atoms. The maximum Gasteiger partial charge on any atom is 0.0806 e. The molecule has 1 aliphatic rings. The third kappa shape index (κ3) is 4.93. The van der Waals surface area contributed by atoms with Gasteiger partial charge in [-0.15, -0.1) is 0 Å². The van der Waals surface area contributed by atoms with Crippen LogP contribution >= 0.6 is 0 Å². The van der Waals surface area contributed by atoms with Gasteiger partial charge in [0.2, 0.25) is 0 Å². The fourth-order valence-electron chi connectivity index (χ4n) is 4.51. The molecule has 1 aliphatic carbocycles. The number of benzene rings is 1. The van der Waals surface area contributed by atoms with Gasteiger partial charge in [0.05, 0.1) is 21.3 Å². The molecule has 0 atom stereocenters. The molecular weight excluding hydrogens is 312 g/mol. The van der Waals surface area contributed by atoms with Crippen LogP contribution in [0, 0.1) is 11.3 Å². The second kappa shape index (κ2) is 9.16. The summed E-state index contributed by atoms with van der Waals surface area (Å²) in [4.78, 5) is 0. The molecule has 1 fully saturated rings. The van der Waals surface area contributed by atoms with Crippen LogP contribution in [0.5, 0.6) is 0 Å². The molecule has 1 saturated carbocycles. The molecule has 2 rings (SSSR count). The Bertz CT molecular complexity index is 460. The molecule has 0 aliphatic heterocycles. The van der Waals surface area contributed by atoms with Crippen LogP contribution in [0.3, 0.4) is 0 Å². The van der Waals surface area contributed by atoms with Crippen molar-refractivity contribution in [3.63, 3.8) is 0 Å². The summed E-state index contributed by atoms with van der Waals surface area (Å²) in [6.45, 7) is 6.69. The van der Waals surface area contributed by atoms with Crippen molar-refractivity contribution in [1.29, 1.82) is 0 Å². The lowest BCUT2D eigenvalue weighted by molar-refractivity contribution is -0.0434. The zero-order valence-corrected chi connectivity index (χ0v) is 17.1. The predicted octanol–water partition coefficient (Wildman–Crippen LogP) is 4.85. The van der Waals surface area contributed by atoms with Crippen molar-refractivity contribution in [1.82, 2.24) is 0 Å². The number of rotatable bonds is 9. The van der Waals surface area contributed by atoms with Gasteiger partial charge in [-0.25, -0.2) is 0 Å². The maximum atomic E-state index is 5.72. The van der Waals surface area contributed by atoms with Crippen LogP contribution < -0.4 is 5.19 Å². The van der Waals surface area contributed by atoms with Crippen LogP contribution in [-0.4, -0.2) is 35.5 Å². The molecule has 3 heteroatoms. The van der Waals surface area contributed by atoms with Gasteiger partial charge in [-0.1, -0.05) is 73.9 Å². The Morgan fingerprint density at radius 1 is 0.958 bits per heavy atom. The van der Waals surface area contributed by atoms with Gasteiger partial charge in [0.15, 0.2) is 0 Å². The molecule has 0 amide bonds. The average molecular weight is 349 g/mol. The van der Waals surface area contributed by atoms with E-state index in [0.717, 1.165) is 19.1 Å². The molecule has 1 aromatic carbocycles. The SMILES string of the molecule is COCC(CC[Si](C)(C)c1ccccc1)(COC)C1CCCCC1. The Morgan fingerprint density at radius 2 is 1.54 bits per heavy atom. The summed E-state index contributed by atoms with van der Waals surface area (Å²) in [5.74, 6) is 0.756. The van der Waals surface area contributed by atoms with Gasteiger partial charge in [-0.3, -0.25) is 0 Å². The Hall–Kier alpha value is -0.643. The first-order valence-corrected chi connectivity index (χ1v) is 12.8. The van der Waals surface area contributed by atoms with Crippen LogP contribution in [0.1, 0.15) is 38.5 Å². The number of methoxy groups -OCH3 is 2. The van der Waals surface area contributed by atoms with Crippen molar-refractivity contribution in [3.8, 4) is 0 Å². The van der Waals surface area contributed by atoms with E-state index in [0.29, 0.717) is 0 Å². The summed E-state index contributed by atoms with van der Waals surface area (Å²) < 4.78 is 11.4. The van der Waals surface area contributed by atoms with Crippen molar-refractivity contribution < 1.29 is 9.47 Å². The van der Waals surface area contributed by atoms with E-state index in [4.69, 9.17) is 9.47 Å². The van der Waals surface area contributed by atoms with Crippen LogP contribution in [0.25, 0.3) is 0 Å². The number of hydrogen-bond donors (Lipinski definition) is 0. The highest BCUT2D eigenvalue weighted by Crippen LogP contribution is 2.43. The molecule has 1 aromatic rings. The van der Waals surface area contributed by atoms with Gasteiger partial charge < -0.3 is 9.47 Å². The standard InChI is InChI=1S/C21H36O2Si/c1-22-17-21(18-23-2,19-11-7-5-8-12-19)15-16-24(3,4)20-13-9-6-10-14-20/h6,9-10,13-14,19H,5,7-8,11-12,15-18H2,1-4H3. The molecule has 0 heterocycles. The minimum absolute atomic E-state index is 0.197. The molecule has 136 valence electrons. The van der Waals surface area contributed by atoms with Crippen molar-refractivity contribution in [2.75, 3.05) is 27.4 Å². The van der Waals surface area contributed by atoms with Crippen LogP contribution in [0.4, 0.5) is 0 Å². The Morgan fingerprint density at radius 3 is 2.08 bits per heavy atom. The molecule has 0 unspecified atom stereocenters. The summed E-state index contributed by atoms with van der Waals surface area (Å²) in [6.07, 6.45) is 8.07. The molecule has 0 aromatic heterocycles. The van der Waals surface area contributed by atoms with Gasteiger partial charge in [0.1, 0.15) is 0 Å². The van der Waals surface area contributed by atoms with Crippen molar-refractivity contribution >= 4 is 13.3 Å². The largest absolute Gasteiger partial charge is 0.384 e. The fraction of sp³-hybridized carbons (Fsp3) is 0.714. The van der Waals surface area contributed by atoms with E-state index >= 15 is 0 Å². The minimum atomic E-state index is -1.42. The molecular formula is C21H36O2Si. The van der Waals surface area contributed by atoms with Crippen LogP contribution in [-0.2, 0) is 9.47 Å². The molecule has 0 radical (unpaired) electrons. The topological polar surface area (TPSA) is 18.5 Å². The quantitative estimate of drug-likeness (QED) is 0.594. The monoisotopic (exact) mass is 348 g/mol. The van der Waals surface area contributed by atoms with Gasteiger partial charge in [-0.05, 0) is 25.2 Å². The lowest BCUT2D eigenvalue weighted by Gasteiger charge is -2.43. The first kappa shape index (κ1) is 19.7. The average Bonchev–Trinajstić information content (AvgIpc) is 2.62. The summed E-state index contributed by atoms with van der Waals surface area (Å²) in [5.41, 5.74) is 0.197. The third-order valence-electron chi connectivity index (χ3n) is 6.14. The van der Waals surface area contributed by atoms with E-state index in [-0.39, 0.29) is 5.41 Å². The molecule has 2 nitrogen and oxygen atoms in total. The number of hydrogen-bond acceptors (Lipinski definition) is 2. The molecule has 24 heavy (non-hydrogen) atoms. The highest BCUT2D eigenvalue weighted by Gasteiger charge is 2.41. The van der Waals surface area contributed by atoms with E-state index in [1.807, 2.05) is 14.2 Å². The lowest BCUT2D eigenvalue weighted by atomic mass is 9.68. The Labute approximate surface area is 150 Å². The van der Waals surface area contributed by atoms with Crippen LogP contribution in [0.15, 0.2) is 30.3 Å². The van der Waals surface area contributed by atoms with Gasteiger partial charge in [0.25, 0.3) is 0 Å². The lowest BCUT2D eigenvalue weighted by Crippen LogP contribution is -2.46. The van der Waals surface area contributed by atoms with E-state index < -0.39 is 8.07 Å². The van der Waals surface area contributed by atoms with E-state index in [1.165, 1.54) is 44.6 Å². The van der Waals surface area contributed by atoms with Crippen molar-refractivity contribution in [2.24, 2.45) is 11.3 Å². The van der Waals surface area contributed by atoms with Crippen molar-refractivity contribution in [3.05, 3.63) is 30.3 Å². The van der Waals surface area contributed by atoms with Crippen LogP contribution in [0.2, 0.25) is 19.1 Å². The van der Waals surface area contributed by atoms with E-state index in [2.05, 4.69) is 43.4 Å². The van der Waals surface area contributed by atoms with E-state index in [1.54, 1.807) is 5.19 Å².